The van der Waals surface area contributed by atoms with Gasteiger partial charge in [0.05, 0.1) is 12.1 Å². The summed E-state index contributed by atoms with van der Waals surface area (Å²) in [5.74, 6) is 0. The van der Waals surface area contributed by atoms with Crippen molar-refractivity contribution in [3.05, 3.63) is 0 Å². The highest BCUT2D eigenvalue weighted by atomic mass is 15.0. The van der Waals surface area contributed by atoms with Crippen LogP contribution in [0.1, 0.15) is 33.1 Å². The zero-order chi connectivity index (χ0) is 10.8. The molecule has 0 bridgehead atoms. The van der Waals surface area contributed by atoms with Gasteiger partial charge in [0.25, 0.3) is 0 Å². The van der Waals surface area contributed by atoms with Gasteiger partial charge in [0.15, 0.2) is 0 Å². The van der Waals surface area contributed by atoms with Gasteiger partial charge in [-0.3, -0.25) is 0 Å². The summed E-state index contributed by atoms with van der Waals surface area (Å²) in [6.45, 7) is 6.07. The van der Waals surface area contributed by atoms with Gasteiger partial charge < -0.3 is 4.90 Å². The molecule has 3 heteroatoms. The van der Waals surface area contributed by atoms with E-state index in [4.69, 9.17) is 0 Å². The van der Waals surface area contributed by atoms with E-state index in [1.807, 2.05) is 6.92 Å². The minimum atomic E-state index is 0.408. The Kier molecular flexibility index (Phi) is 8.50. The SMILES string of the molecule is CCN=C=NC(CC)CCCN(C)C. The molecule has 3 nitrogen and oxygen atoms in total. The largest absolute Gasteiger partial charge is 0.309 e. The third-order valence-electron chi connectivity index (χ3n) is 2.08. The summed E-state index contributed by atoms with van der Waals surface area (Å²) in [4.78, 5) is 10.5. The molecule has 82 valence electrons. The Bertz CT molecular complexity index is 181. The van der Waals surface area contributed by atoms with Crippen LogP contribution < -0.4 is 0 Å². The summed E-state index contributed by atoms with van der Waals surface area (Å²) in [7, 11) is 4.20. The highest BCUT2D eigenvalue weighted by Gasteiger charge is 2.02. The summed E-state index contributed by atoms with van der Waals surface area (Å²) < 4.78 is 0. The van der Waals surface area contributed by atoms with Gasteiger partial charge in [0.1, 0.15) is 0 Å². The van der Waals surface area contributed by atoms with Crippen molar-refractivity contribution in [2.45, 2.75) is 39.2 Å². The number of rotatable bonds is 7. The van der Waals surface area contributed by atoms with Crippen molar-refractivity contribution in [3.63, 3.8) is 0 Å². The van der Waals surface area contributed by atoms with E-state index in [2.05, 4.69) is 41.9 Å². The van der Waals surface area contributed by atoms with E-state index in [-0.39, 0.29) is 0 Å². The van der Waals surface area contributed by atoms with Gasteiger partial charge in [-0.25, -0.2) is 9.98 Å². The van der Waals surface area contributed by atoms with Gasteiger partial charge in [0.2, 0.25) is 0 Å². The molecule has 0 N–H and O–H groups in total. The van der Waals surface area contributed by atoms with Crippen LogP contribution >= 0.6 is 0 Å². The van der Waals surface area contributed by atoms with Gasteiger partial charge >= 0.3 is 0 Å². The first-order valence-corrected chi connectivity index (χ1v) is 5.46. The fraction of sp³-hybridized carbons (Fsp3) is 0.909. The summed E-state index contributed by atoms with van der Waals surface area (Å²) in [5.41, 5.74) is 0. The maximum Gasteiger partial charge on any atom is 0.0895 e. The van der Waals surface area contributed by atoms with Gasteiger partial charge in [-0.05, 0) is 46.8 Å². The Morgan fingerprint density at radius 3 is 2.50 bits per heavy atom. The van der Waals surface area contributed by atoms with Crippen LogP contribution in [-0.4, -0.2) is 44.1 Å². The Labute approximate surface area is 87.9 Å². The highest BCUT2D eigenvalue weighted by Crippen LogP contribution is 2.05. The maximum absolute atomic E-state index is 4.29. The van der Waals surface area contributed by atoms with E-state index >= 15 is 0 Å². The standard InChI is InChI=1S/C11H23N3/c1-5-11(13-10-12-6-2)8-7-9-14(3)4/h11H,5-9H2,1-4H3. The van der Waals surface area contributed by atoms with Crippen molar-refractivity contribution < 1.29 is 0 Å². The zero-order valence-corrected chi connectivity index (χ0v) is 9.95. The minimum Gasteiger partial charge on any atom is -0.309 e. The molecule has 0 saturated carbocycles. The van der Waals surface area contributed by atoms with Crippen molar-refractivity contribution in [1.29, 1.82) is 0 Å². The summed E-state index contributed by atoms with van der Waals surface area (Å²) in [6, 6.07) is 3.17. The monoisotopic (exact) mass is 197 g/mol. The van der Waals surface area contributed by atoms with Gasteiger partial charge in [-0.15, -0.1) is 0 Å². The molecule has 0 aromatic heterocycles. The normalized spacial score (nSPS) is 12.4. The second-order valence-electron chi connectivity index (χ2n) is 3.71. The smallest absolute Gasteiger partial charge is 0.0895 e. The molecule has 1 atom stereocenters. The Hall–Kier alpha value is -0.660. The van der Waals surface area contributed by atoms with E-state index in [0.717, 1.165) is 25.9 Å². The maximum atomic E-state index is 4.29. The fourth-order valence-electron chi connectivity index (χ4n) is 1.20. The van der Waals surface area contributed by atoms with Crippen molar-refractivity contribution in [2.24, 2.45) is 9.98 Å². The first-order valence-electron chi connectivity index (χ1n) is 5.46. The molecule has 0 aromatic carbocycles. The number of hydrogen-bond acceptors (Lipinski definition) is 3. The molecule has 0 aliphatic heterocycles. The average molecular weight is 197 g/mol. The number of nitrogens with zero attached hydrogens (tertiary/aromatic N) is 3. The Morgan fingerprint density at radius 2 is 2.00 bits per heavy atom. The van der Waals surface area contributed by atoms with Crippen LogP contribution in [0.4, 0.5) is 0 Å². The van der Waals surface area contributed by atoms with Crippen LogP contribution in [0.2, 0.25) is 0 Å². The average Bonchev–Trinajstić information content (AvgIpc) is 2.15. The lowest BCUT2D eigenvalue weighted by Crippen LogP contribution is -2.15. The lowest BCUT2D eigenvalue weighted by Gasteiger charge is -2.11. The predicted molar refractivity (Wildman–Crippen MR) is 62.3 cm³/mol. The van der Waals surface area contributed by atoms with E-state index < -0.39 is 0 Å². The van der Waals surface area contributed by atoms with E-state index in [0.29, 0.717) is 6.04 Å². The third-order valence-corrected chi connectivity index (χ3v) is 2.08. The molecule has 0 aliphatic rings. The lowest BCUT2D eigenvalue weighted by atomic mass is 10.1. The van der Waals surface area contributed by atoms with E-state index in [1.54, 1.807) is 0 Å². The van der Waals surface area contributed by atoms with Gasteiger partial charge in [-0.2, -0.15) is 0 Å². The lowest BCUT2D eigenvalue weighted by molar-refractivity contribution is 0.383. The first kappa shape index (κ1) is 13.3. The molecule has 0 aromatic rings. The van der Waals surface area contributed by atoms with Gasteiger partial charge in [-0.1, -0.05) is 6.92 Å². The quantitative estimate of drug-likeness (QED) is 0.575. The van der Waals surface area contributed by atoms with Crippen LogP contribution in [0.3, 0.4) is 0 Å². The molecule has 1 unspecified atom stereocenters. The molecule has 0 radical (unpaired) electrons. The molecule has 14 heavy (non-hydrogen) atoms. The first-order chi connectivity index (χ1) is 6.70. The second kappa shape index (κ2) is 8.92. The van der Waals surface area contributed by atoms with Crippen molar-refractivity contribution in [2.75, 3.05) is 27.2 Å². The molecular weight excluding hydrogens is 174 g/mol. The fourth-order valence-corrected chi connectivity index (χ4v) is 1.20. The summed E-state index contributed by atoms with van der Waals surface area (Å²) in [6.07, 6.45) is 3.42. The molecule has 0 heterocycles. The van der Waals surface area contributed by atoms with E-state index in [9.17, 15) is 0 Å². The van der Waals surface area contributed by atoms with Crippen molar-refractivity contribution in [1.82, 2.24) is 4.90 Å². The third kappa shape index (κ3) is 7.96. The van der Waals surface area contributed by atoms with Crippen LogP contribution in [-0.2, 0) is 0 Å². The van der Waals surface area contributed by atoms with Crippen LogP contribution in [0.15, 0.2) is 9.98 Å². The minimum absolute atomic E-state index is 0.408. The van der Waals surface area contributed by atoms with Crippen LogP contribution in [0.25, 0.3) is 0 Å². The second-order valence-corrected chi connectivity index (χ2v) is 3.71. The van der Waals surface area contributed by atoms with Crippen LogP contribution in [0.5, 0.6) is 0 Å². The Morgan fingerprint density at radius 1 is 1.29 bits per heavy atom. The molecule has 0 spiro atoms. The molecule has 0 amide bonds. The molecule has 0 rings (SSSR count). The van der Waals surface area contributed by atoms with Crippen molar-refractivity contribution in [3.8, 4) is 0 Å². The number of hydrogen-bond donors (Lipinski definition) is 0. The highest BCUT2D eigenvalue weighted by molar-refractivity contribution is 5.41. The van der Waals surface area contributed by atoms with Crippen LogP contribution in [0, 0.1) is 0 Å². The predicted octanol–water partition coefficient (Wildman–Crippen LogP) is 2.30. The molecule has 0 fully saturated rings. The molecule has 0 saturated heterocycles. The molecular formula is C11H23N3. The van der Waals surface area contributed by atoms with Gasteiger partial charge in [0, 0.05) is 6.54 Å². The topological polar surface area (TPSA) is 28.0 Å². The summed E-state index contributed by atoms with van der Waals surface area (Å²) >= 11 is 0. The summed E-state index contributed by atoms with van der Waals surface area (Å²) in [5, 5.41) is 0. The van der Waals surface area contributed by atoms with Crippen molar-refractivity contribution >= 4 is 6.01 Å². The number of aliphatic imine (C=N–C) groups is 2. The zero-order valence-electron chi connectivity index (χ0n) is 9.95. The Balaban J connectivity index is 3.74. The van der Waals surface area contributed by atoms with E-state index in [1.165, 1.54) is 6.42 Å². The molecule has 0 aliphatic carbocycles.